The molecule has 0 atom stereocenters. The molecule has 1 rings (SSSR count). The Hall–Kier alpha value is -1.84. The first-order valence-electron chi connectivity index (χ1n) is 4.85. The lowest BCUT2D eigenvalue weighted by molar-refractivity contribution is -0.134. The van der Waals surface area contributed by atoms with Crippen molar-refractivity contribution in [1.82, 2.24) is 0 Å². The van der Waals surface area contributed by atoms with E-state index >= 15 is 0 Å². The Bertz CT molecular complexity index is 399. The molecule has 1 aromatic carbocycles. The lowest BCUT2D eigenvalue weighted by Gasteiger charge is -2.06. The molecule has 0 bridgehead atoms. The van der Waals surface area contributed by atoms with Gasteiger partial charge in [0, 0.05) is 11.6 Å². The molecule has 3 nitrogen and oxygen atoms in total. The summed E-state index contributed by atoms with van der Waals surface area (Å²) in [6, 6.07) is 4.13. The minimum absolute atomic E-state index is 0.382. The maximum atomic E-state index is 13.0. The monoisotopic (exact) mass is 224 g/mol. The van der Waals surface area contributed by atoms with Gasteiger partial charge in [0.2, 0.25) is 0 Å². The maximum absolute atomic E-state index is 13.0. The first-order valence-corrected chi connectivity index (χ1v) is 4.85. The van der Waals surface area contributed by atoms with Gasteiger partial charge in [-0.3, -0.25) is 0 Å². The number of hydrogen-bond acceptors (Lipinski definition) is 3. The van der Waals surface area contributed by atoms with E-state index in [4.69, 9.17) is 4.74 Å². The summed E-state index contributed by atoms with van der Waals surface area (Å²) in [5.41, 5.74) is 0.507. The van der Waals surface area contributed by atoms with Crippen LogP contribution >= 0.6 is 0 Å². The Kier molecular flexibility index (Phi) is 4.51. The third kappa shape index (κ3) is 3.38. The van der Waals surface area contributed by atoms with Gasteiger partial charge < -0.3 is 9.47 Å². The molecule has 0 aromatic heterocycles. The average Bonchev–Trinajstić information content (AvgIpc) is 2.29. The van der Waals surface area contributed by atoms with Crippen LogP contribution < -0.4 is 4.74 Å². The van der Waals surface area contributed by atoms with Gasteiger partial charge in [-0.1, -0.05) is 0 Å². The van der Waals surface area contributed by atoms with Gasteiger partial charge in [-0.15, -0.1) is 0 Å². The molecule has 0 aliphatic carbocycles. The Morgan fingerprint density at radius 2 is 2.25 bits per heavy atom. The highest BCUT2D eigenvalue weighted by Crippen LogP contribution is 2.21. The summed E-state index contributed by atoms with van der Waals surface area (Å²) in [5.74, 6) is -0.344. The molecule has 0 radical (unpaired) electrons. The topological polar surface area (TPSA) is 35.5 Å². The average molecular weight is 224 g/mol. The molecule has 0 N–H and O–H groups in total. The molecule has 0 aliphatic rings. The van der Waals surface area contributed by atoms with E-state index in [0.29, 0.717) is 17.9 Å². The van der Waals surface area contributed by atoms with Crippen LogP contribution in [0.1, 0.15) is 12.5 Å². The van der Waals surface area contributed by atoms with Gasteiger partial charge in [0.25, 0.3) is 0 Å². The Balaban J connectivity index is 2.95. The highest BCUT2D eigenvalue weighted by atomic mass is 19.1. The van der Waals surface area contributed by atoms with Crippen molar-refractivity contribution in [3.8, 4) is 5.75 Å². The van der Waals surface area contributed by atoms with Crippen molar-refractivity contribution < 1.29 is 18.7 Å². The van der Waals surface area contributed by atoms with E-state index < -0.39 is 5.97 Å². The van der Waals surface area contributed by atoms with E-state index in [9.17, 15) is 9.18 Å². The van der Waals surface area contributed by atoms with Crippen molar-refractivity contribution in [2.75, 3.05) is 13.7 Å². The Labute approximate surface area is 93.5 Å². The predicted octanol–water partition coefficient (Wildman–Crippen LogP) is 2.41. The smallest absolute Gasteiger partial charge is 0.330 e. The number of esters is 1. The number of halogens is 1. The zero-order valence-corrected chi connectivity index (χ0v) is 9.20. The minimum Gasteiger partial charge on any atom is -0.493 e. The molecule has 0 heterocycles. The molecule has 0 aliphatic heterocycles. The van der Waals surface area contributed by atoms with E-state index in [0.717, 1.165) is 0 Å². The van der Waals surface area contributed by atoms with Gasteiger partial charge >= 0.3 is 5.97 Å². The second-order valence-corrected chi connectivity index (χ2v) is 2.97. The lowest BCUT2D eigenvalue weighted by Crippen LogP contribution is -1.96. The van der Waals surface area contributed by atoms with Gasteiger partial charge in [-0.05, 0) is 31.2 Å². The van der Waals surface area contributed by atoms with Gasteiger partial charge in [0.05, 0.1) is 13.7 Å². The van der Waals surface area contributed by atoms with Crippen LogP contribution in [-0.4, -0.2) is 19.7 Å². The standard InChI is InChI=1S/C12H13FO3/c1-3-16-11-6-5-10(13)8-9(11)4-7-12(14)15-2/h4-8H,3H2,1-2H3. The van der Waals surface area contributed by atoms with Crippen LogP contribution in [0.25, 0.3) is 6.08 Å². The molecule has 0 amide bonds. The zero-order chi connectivity index (χ0) is 12.0. The van der Waals surface area contributed by atoms with Crippen molar-refractivity contribution in [1.29, 1.82) is 0 Å². The van der Waals surface area contributed by atoms with Gasteiger partial charge in [-0.25, -0.2) is 9.18 Å². The highest BCUT2D eigenvalue weighted by Gasteiger charge is 2.02. The third-order valence-electron chi connectivity index (χ3n) is 1.87. The zero-order valence-electron chi connectivity index (χ0n) is 9.20. The van der Waals surface area contributed by atoms with Crippen molar-refractivity contribution in [2.45, 2.75) is 6.92 Å². The molecule has 4 heteroatoms. The van der Waals surface area contributed by atoms with Gasteiger partial charge in [0.1, 0.15) is 11.6 Å². The van der Waals surface area contributed by atoms with Crippen molar-refractivity contribution in [3.05, 3.63) is 35.7 Å². The highest BCUT2D eigenvalue weighted by molar-refractivity contribution is 5.87. The SMILES string of the molecule is CCOc1ccc(F)cc1C=CC(=O)OC. The molecular formula is C12H13FO3. The number of methoxy groups -OCH3 is 1. The number of hydrogen-bond donors (Lipinski definition) is 0. The summed E-state index contributed by atoms with van der Waals surface area (Å²) in [7, 11) is 1.28. The van der Waals surface area contributed by atoms with Crippen LogP contribution in [0, 0.1) is 5.82 Å². The Morgan fingerprint density at radius 1 is 1.50 bits per heavy atom. The van der Waals surface area contributed by atoms with Gasteiger partial charge in [-0.2, -0.15) is 0 Å². The molecule has 86 valence electrons. The van der Waals surface area contributed by atoms with E-state index in [-0.39, 0.29) is 5.82 Å². The largest absolute Gasteiger partial charge is 0.493 e. The van der Waals surface area contributed by atoms with Crippen molar-refractivity contribution in [3.63, 3.8) is 0 Å². The molecule has 0 spiro atoms. The number of benzene rings is 1. The fourth-order valence-electron chi connectivity index (χ4n) is 1.16. The number of carbonyl (C=O) groups excluding carboxylic acids is 1. The maximum Gasteiger partial charge on any atom is 0.330 e. The fourth-order valence-corrected chi connectivity index (χ4v) is 1.16. The first kappa shape index (κ1) is 12.2. The van der Waals surface area contributed by atoms with Crippen molar-refractivity contribution in [2.24, 2.45) is 0 Å². The molecule has 16 heavy (non-hydrogen) atoms. The summed E-state index contributed by atoms with van der Waals surface area (Å²) < 4.78 is 22.7. The van der Waals surface area contributed by atoms with Crippen LogP contribution in [0.2, 0.25) is 0 Å². The fraction of sp³-hybridized carbons (Fsp3) is 0.250. The van der Waals surface area contributed by atoms with Crippen LogP contribution in [0.5, 0.6) is 5.75 Å². The van der Waals surface area contributed by atoms with E-state index in [2.05, 4.69) is 4.74 Å². The summed E-state index contributed by atoms with van der Waals surface area (Å²) in [6.07, 6.45) is 2.68. The molecular weight excluding hydrogens is 211 g/mol. The molecule has 1 aromatic rings. The summed E-state index contributed by atoms with van der Waals surface area (Å²) >= 11 is 0. The van der Waals surface area contributed by atoms with Crippen molar-refractivity contribution >= 4 is 12.0 Å². The van der Waals surface area contributed by atoms with E-state index in [1.54, 1.807) is 0 Å². The summed E-state index contributed by atoms with van der Waals surface area (Å²) in [4.78, 5) is 10.9. The van der Waals surface area contributed by atoms with E-state index in [1.165, 1.54) is 37.5 Å². The predicted molar refractivity (Wildman–Crippen MR) is 58.6 cm³/mol. The second-order valence-electron chi connectivity index (χ2n) is 2.97. The Morgan fingerprint density at radius 3 is 2.88 bits per heavy atom. The number of carbonyl (C=O) groups is 1. The summed E-state index contributed by atoms with van der Waals surface area (Å²) in [5, 5.41) is 0. The third-order valence-corrected chi connectivity index (χ3v) is 1.87. The minimum atomic E-state index is -0.494. The quantitative estimate of drug-likeness (QED) is 0.582. The van der Waals surface area contributed by atoms with E-state index in [1.807, 2.05) is 6.92 Å². The van der Waals surface area contributed by atoms with Crippen LogP contribution in [-0.2, 0) is 9.53 Å². The van der Waals surface area contributed by atoms with Gasteiger partial charge in [0.15, 0.2) is 0 Å². The molecule has 0 fully saturated rings. The summed E-state index contributed by atoms with van der Waals surface area (Å²) in [6.45, 7) is 2.31. The first-order chi connectivity index (χ1) is 7.67. The molecule has 0 saturated heterocycles. The number of ether oxygens (including phenoxy) is 2. The molecule has 0 unspecified atom stereocenters. The van der Waals surface area contributed by atoms with Crippen LogP contribution in [0.4, 0.5) is 4.39 Å². The number of rotatable bonds is 4. The van der Waals surface area contributed by atoms with Crippen LogP contribution in [0.15, 0.2) is 24.3 Å². The lowest BCUT2D eigenvalue weighted by atomic mass is 10.2. The molecule has 0 saturated carbocycles. The second kappa shape index (κ2) is 5.90. The van der Waals surface area contributed by atoms with Crippen LogP contribution in [0.3, 0.4) is 0 Å². The normalized spacial score (nSPS) is 10.4.